The van der Waals surface area contributed by atoms with Gasteiger partial charge in [-0.25, -0.2) is 4.79 Å². The molecule has 0 fully saturated rings. The Kier molecular flexibility index (Phi) is 8.55. The third kappa shape index (κ3) is 4.62. The number of imide groups is 1. The number of carboxylic acid groups (broad SMARTS) is 1. The molecule has 28 heavy (non-hydrogen) atoms. The molecule has 0 unspecified atom stereocenters. The lowest BCUT2D eigenvalue weighted by Crippen LogP contribution is -2.41. The van der Waals surface area contributed by atoms with Gasteiger partial charge in [-0.1, -0.05) is 52.0 Å². The molecule has 2 aromatic carbocycles. The molecule has 2 aromatic rings. The molecule has 1 heterocycles. The summed E-state index contributed by atoms with van der Waals surface area (Å²) in [5, 5.41) is 11.5. The van der Waals surface area contributed by atoms with Gasteiger partial charge >= 0.3 is 5.97 Å². The Balaban J connectivity index is 0.000000921. The Morgan fingerprint density at radius 1 is 0.821 bits per heavy atom. The summed E-state index contributed by atoms with van der Waals surface area (Å²) in [4.78, 5) is 48.6. The van der Waals surface area contributed by atoms with Crippen molar-refractivity contribution in [3.05, 3.63) is 70.8 Å². The van der Waals surface area contributed by atoms with Gasteiger partial charge in [0.05, 0.1) is 22.3 Å². The maximum absolute atomic E-state index is 12.2. The van der Waals surface area contributed by atoms with Crippen molar-refractivity contribution in [2.24, 2.45) is 0 Å². The van der Waals surface area contributed by atoms with Crippen LogP contribution in [0.2, 0.25) is 0 Å². The number of rotatable bonds is 4. The van der Waals surface area contributed by atoms with E-state index in [1.54, 1.807) is 12.1 Å². The monoisotopic (exact) mass is 384 g/mol. The van der Waals surface area contributed by atoms with Gasteiger partial charge in [0.1, 0.15) is 6.67 Å². The van der Waals surface area contributed by atoms with E-state index in [0.29, 0.717) is 0 Å². The summed E-state index contributed by atoms with van der Waals surface area (Å²) in [6, 6.07) is 12.1. The number of nitrogens with one attached hydrogen (secondary N) is 1. The van der Waals surface area contributed by atoms with E-state index in [4.69, 9.17) is 5.11 Å². The van der Waals surface area contributed by atoms with Crippen molar-refractivity contribution in [2.45, 2.75) is 27.7 Å². The van der Waals surface area contributed by atoms with Crippen molar-refractivity contribution < 1.29 is 24.3 Å². The van der Waals surface area contributed by atoms with Crippen LogP contribution in [-0.2, 0) is 0 Å². The highest BCUT2D eigenvalue weighted by molar-refractivity contribution is 6.21. The van der Waals surface area contributed by atoms with Crippen LogP contribution in [0.1, 0.15) is 69.1 Å². The van der Waals surface area contributed by atoms with Crippen LogP contribution in [0.25, 0.3) is 0 Å². The minimum Gasteiger partial charge on any atom is -0.478 e. The average molecular weight is 384 g/mol. The lowest BCUT2D eigenvalue weighted by molar-refractivity contribution is 0.0627. The topological polar surface area (TPSA) is 104 Å². The summed E-state index contributed by atoms with van der Waals surface area (Å²) in [5.74, 6) is -2.91. The number of aromatic carboxylic acids is 1. The normalized spacial score (nSPS) is 11.5. The standard InChI is InChI=1S/C17H12N2O5.2C2H6/c20-14(10-5-1-4-8-13(10)17(23)24)18-9-19-15(21)11-6-2-3-7-12(11)16(19)22;2*1-2/h1-8H,9H2,(H,18,20)(H,23,24);2*1-2H3. The van der Waals surface area contributed by atoms with Crippen molar-refractivity contribution in [2.75, 3.05) is 6.67 Å². The van der Waals surface area contributed by atoms with Gasteiger partial charge in [-0.2, -0.15) is 0 Å². The molecule has 0 spiro atoms. The van der Waals surface area contributed by atoms with Crippen LogP contribution in [0, 0.1) is 0 Å². The zero-order valence-corrected chi connectivity index (χ0v) is 16.4. The molecule has 148 valence electrons. The predicted octanol–water partition coefficient (Wildman–Crippen LogP) is 3.42. The first-order valence-corrected chi connectivity index (χ1v) is 9.06. The minimum absolute atomic E-state index is 0.0402. The number of fused-ring (bicyclic) bond motifs is 1. The highest BCUT2D eigenvalue weighted by atomic mass is 16.4. The van der Waals surface area contributed by atoms with E-state index >= 15 is 0 Å². The molecule has 0 radical (unpaired) electrons. The molecular weight excluding hydrogens is 360 g/mol. The molecule has 0 saturated heterocycles. The number of benzene rings is 2. The first-order chi connectivity index (χ1) is 13.5. The fourth-order valence-electron chi connectivity index (χ4n) is 2.50. The van der Waals surface area contributed by atoms with Crippen molar-refractivity contribution in [1.82, 2.24) is 10.2 Å². The first-order valence-electron chi connectivity index (χ1n) is 9.06. The Labute approximate surface area is 164 Å². The maximum atomic E-state index is 12.2. The molecule has 1 aliphatic heterocycles. The molecule has 0 saturated carbocycles. The van der Waals surface area contributed by atoms with E-state index in [-0.39, 0.29) is 28.9 Å². The van der Waals surface area contributed by atoms with E-state index in [9.17, 15) is 19.2 Å². The molecule has 1 aliphatic rings. The van der Waals surface area contributed by atoms with Gasteiger partial charge in [0, 0.05) is 0 Å². The lowest BCUT2D eigenvalue weighted by atomic mass is 10.1. The zero-order valence-electron chi connectivity index (χ0n) is 16.4. The summed E-state index contributed by atoms with van der Waals surface area (Å²) in [6.45, 7) is 7.67. The molecule has 3 rings (SSSR count). The van der Waals surface area contributed by atoms with Crippen LogP contribution in [0.5, 0.6) is 0 Å². The van der Waals surface area contributed by atoms with Crippen molar-refractivity contribution in [1.29, 1.82) is 0 Å². The predicted molar refractivity (Wildman–Crippen MR) is 105 cm³/mol. The van der Waals surface area contributed by atoms with Gasteiger partial charge in [0.15, 0.2) is 0 Å². The van der Waals surface area contributed by atoms with E-state index in [2.05, 4.69) is 5.32 Å². The van der Waals surface area contributed by atoms with Crippen LogP contribution in [0.4, 0.5) is 0 Å². The van der Waals surface area contributed by atoms with Gasteiger partial charge in [-0.05, 0) is 24.3 Å². The van der Waals surface area contributed by atoms with E-state index in [1.165, 1.54) is 36.4 Å². The highest BCUT2D eigenvalue weighted by Gasteiger charge is 2.35. The Bertz CT molecular complexity index is 842. The average Bonchev–Trinajstić information content (AvgIpc) is 2.99. The number of hydrogen-bond donors (Lipinski definition) is 2. The van der Waals surface area contributed by atoms with Crippen LogP contribution < -0.4 is 5.32 Å². The van der Waals surface area contributed by atoms with E-state index < -0.39 is 23.7 Å². The maximum Gasteiger partial charge on any atom is 0.336 e. The molecule has 0 aliphatic carbocycles. The van der Waals surface area contributed by atoms with Gasteiger partial charge in [0.25, 0.3) is 17.7 Å². The van der Waals surface area contributed by atoms with E-state index in [0.717, 1.165) is 4.90 Å². The number of amides is 3. The van der Waals surface area contributed by atoms with Crippen molar-refractivity contribution >= 4 is 23.7 Å². The fourth-order valence-corrected chi connectivity index (χ4v) is 2.50. The second-order valence-electron chi connectivity index (χ2n) is 5.10. The second kappa shape index (κ2) is 10.6. The summed E-state index contributed by atoms with van der Waals surface area (Å²) in [6.07, 6.45) is 0. The van der Waals surface area contributed by atoms with Gasteiger partial charge in [-0.3, -0.25) is 19.3 Å². The Hall–Kier alpha value is -3.48. The highest BCUT2D eigenvalue weighted by Crippen LogP contribution is 2.21. The lowest BCUT2D eigenvalue weighted by Gasteiger charge is -2.15. The third-order valence-electron chi connectivity index (χ3n) is 3.68. The Morgan fingerprint density at radius 3 is 1.71 bits per heavy atom. The van der Waals surface area contributed by atoms with Gasteiger partial charge in [0.2, 0.25) is 0 Å². The largest absolute Gasteiger partial charge is 0.478 e. The molecule has 2 N–H and O–H groups in total. The van der Waals surface area contributed by atoms with Crippen molar-refractivity contribution in [3.63, 3.8) is 0 Å². The van der Waals surface area contributed by atoms with E-state index in [1.807, 2.05) is 27.7 Å². The third-order valence-corrected chi connectivity index (χ3v) is 3.68. The van der Waals surface area contributed by atoms with Crippen LogP contribution in [0.15, 0.2) is 48.5 Å². The number of carboxylic acids is 1. The van der Waals surface area contributed by atoms with Crippen molar-refractivity contribution in [3.8, 4) is 0 Å². The number of hydrogen-bond acceptors (Lipinski definition) is 4. The van der Waals surface area contributed by atoms with Crippen LogP contribution in [-0.4, -0.2) is 40.4 Å². The molecule has 7 heteroatoms. The fraction of sp³-hybridized carbons (Fsp3) is 0.238. The number of carbonyl (C=O) groups is 4. The molecule has 0 atom stereocenters. The second-order valence-corrected chi connectivity index (χ2v) is 5.10. The smallest absolute Gasteiger partial charge is 0.336 e. The summed E-state index contributed by atoms with van der Waals surface area (Å²) < 4.78 is 0. The molecule has 3 amide bonds. The quantitative estimate of drug-likeness (QED) is 0.786. The number of carbonyl (C=O) groups excluding carboxylic acids is 3. The molecule has 0 aromatic heterocycles. The molecule has 0 bridgehead atoms. The number of nitrogens with zero attached hydrogens (tertiary/aromatic N) is 1. The summed E-state index contributed by atoms with van der Waals surface area (Å²) >= 11 is 0. The zero-order chi connectivity index (χ0) is 21.3. The Morgan fingerprint density at radius 2 is 1.25 bits per heavy atom. The van der Waals surface area contributed by atoms with Crippen LogP contribution in [0.3, 0.4) is 0 Å². The SMILES string of the molecule is CC.CC.O=C(O)c1ccccc1C(=O)NCN1C(=O)c2ccccc2C1=O. The molecule has 7 nitrogen and oxygen atoms in total. The molecular formula is C21H24N2O5. The van der Waals surface area contributed by atoms with Crippen LogP contribution >= 0.6 is 0 Å². The van der Waals surface area contributed by atoms with Gasteiger partial charge in [-0.15, -0.1) is 0 Å². The first kappa shape index (κ1) is 22.6. The minimum atomic E-state index is -1.23. The summed E-state index contributed by atoms with van der Waals surface area (Å²) in [7, 11) is 0. The summed E-state index contributed by atoms with van der Waals surface area (Å²) in [5.41, 5.74) is 0.365. The van der Waals surface area contributed by atoms with Gasteiger partial charge < -0.3 is 10.4 Å².